The number of thiophene rings is 1. The average Bonchev–Trinajstić information content (AvgIpc) is 3.55. The van der Waals surface area contributed by atoms with E-state index in [0.717, 1.165) is 51.2 Å². The highest BCUT2D eigenvalue weighted by atomic mass is 32.1. The average molecular weight is 474 g/mol. The van der Waals surface area contributed by atoms with Gasteiger partial charge in [0.25, 0.3) is 5.91 Å². The van der Waals surface area contributed by atoms with E-state index >= 15 is 0 Å². The molecule has 1 amide bonds. The molecule has 0 aliphatic carbocycles. The molecule has 2 aliphatic rings. The molecule has 4 aromatic rings. The van der Waals surface area contributed by atoms with Crippen LogP contribution in [0.5, 0.6) is 17.4 Å². The first-order chi connectivity index (χ1) is 16.8. The van der Waals surface area contributed by atoms with E-state index in [0.29, 0.717) is 25.6 Å². The first-order valence-corrected chi connectivity index (χ1v) is 12.3. The van der Waals surface area contributed by atoms with Crippen molar-refractivity contribution in [1.82, 2.24) is 14.9 Å². The quantitative estimate of drug-likeness (QED) is 0.412. The van der Waals surface area contributed by atoms with E-state index < -0.39 is 0 Å². The molecule has 34 heavy (non-hydrogen) atoms. The second-order valence-corrected chi connectivity index (χ2v) is 9.17. The van der Waals surface area contributed by atoms with Gasteiger partial charge in [-0.2, -0.15) is 0 Å². The van der Waals surface area contributed by atoms with Crippen LogP contribution < -0.4 is 14.2 Å². The maximum atomic E-state index is 13.2. The van der Waals surface area contributed by atoms with E-state index in [1.54, 1.807) is 11.3 Å². The number of nitrogens with zero attached hydrogens (tertiary/aromatic N) is 3. The van der Waals surface area contributed by atoms with Crippen LogP contribution in [0, 0.1) is 0 Å². The molecular weight excluding hydrogens is 450 g/mol. The number of benzene rings is 2. The molecule has 0 saturated carbocycles. The molecule has 172 valence electrons. The molecule has 0 N–H and O–H groups in total. The minimum Gasteiger partial charge on any atom is -0.486 e. The number of amides is 1. The summed E-state index contributed by atoms with van der Waals surface area (Å²) in [5.74, 6) is 1.88. The van der Waals surface area contributed by atoms with Crippen molar-refractivity contribution in [3.05, 3.63) is 65.8 Å². The number of hydrogen-bond acceptors (Lipinski definition) is 7. The molecule has 8 heteroatoms. The molecule has 2 aromatic heterocycles. The number of carbonyl (C=O) groups is 1. The Bertz CT molecular complexity index is 1340. The van der Waals surface area contributed by atoms with E-state index in [9.17, 15) is 4.79 Å². The summed E-state index contributed by atoms with van der Waals surface area (Å²) >= 11 is 1.54. The van der Waals surface area contributed by atoms with Crippen LogP contribution in [0.15, 0.2) is 60.2 Å². The van der Waals surface area contributed by atoms with Crippen molar-refractivity contribution in [2.45, 2.75) is 18.9 Å². The number of hydrogen-bond donors (Lipinski definition) is 0. The number of likely N-dealkylation sites (tertiary alicyclic amines) is 1. The van der Waals surface area contributed by atoms with Crippen LogP contribution in [0.4, 0.5) is 0 Å². The highest BCUT2D eigenvalue weighted by Gasteiger charge is 2.31. The predicted molar refractivity (Wildman–Crippen MR) is 129 cm³/mol. The first kappa shape index (κ1) is 20.9. The summed E-state index contributed by atoms with van der Waals surface area (Å²) in [6, 6.07) is 16.0. The third-order valence-electron chi connectivity index (χ3n) is 6.28. The van der Waals surface area contributed by atoms with Crippen LogP contribution in [-0.4, -0.2) is 47.1 Å². The minimum absolute atomic E-state index is 0.00151. The van der Waals surface area contributed by atoms with Crippen LogP contribution in [0.3, 0.4) is 0 Å². The Labute approximate surface area is 200 Å². The van der Waals surface area contributed by atoms with Gasteiger partial charge in [0.1, 0.15) is 24.4 Å². The fraction of sp³-hybridized carbons (Fsp3) is 0.269. The molecule has 1 atom stereocenters. The Balaban J connectivity index is 1.22. The minimum atomic E-state index is -0.0722. The first-order valence-electron chi connectivity index (χ1n) is 11.4. The van der Waals surface area contributed by atoms with E-state index in [1.807, 2.05) is 53.4 Å². The lowest BCUT2D eigenvalue weighted by Gasteiger charge is -2.26. The summed E-state index contributed by atoms with van der Waals surface area (Å²) in [5, 5.41) is 2.90. The van der Waals surface area contributed by atoms with E-state index in [4.69, 9.17) is 14.2 Å². The molecule has 1 saturated heterocycles. The zero-order chi connectivity index (χ0) is 22.9. The van der Waals surface area contributed by atoms with Crippen molar-refractivity contribution in [2.75, 3.05) is 26.4 Å². The highest BCUT2D eigenvalue weighted by molar-refractivity contribution is 7.17. The molecule has 0 spiro atoms. The van der Waals surface area contributed by atoms with Gasteiger partial charge in [0.2, 0.25) is 5.88 Å². The van der Waals surface area contributed by atoms with Crippen LogP contribution in [0.2, 0.25) is 0 Å². The Hall–Kier alpha value is -3.65. The SMILES string of the molecule is O=C(COc1ncnc2scc(-c3ccccc3)c12)N1CCCC1c1ccc2c(c1)OCCO2. The highest BCUT2D eigenvalue weighted by Crippen LogP contribution is 2.39. The Morgan fingerprint density at radius 3 is 2.82 bits per heavy atom. The molecule has 4 heterocycles. The standard InChI is InChI=1S/C26H23N3O4S/c30-23(29-10-4-7-20(29)18-8-9-21-22(13-18)32-12-11-31-21)14-33-25-24-19(17-5-2-1-3-6-17)15-34-26(24)28-16-27-25/h1-3,5-6,8-9,13,15-16,20H,4,7,10-12,14H2. The third kappa shape index (κ3) is 3.84. The van der Waals surface area contributed by atoms with Crippen molar-refractivity contribution >= 4 is 27.5 Å². The fourth-order valence-corrected chi connectivity index (χ4v) is 5.59. The van der Waals surface area contributed by atoms with E-state index in [1.165, 1.54) is 6.33 Å². The largest absolute Gasteiger partial charge is 0.486 e. The lowest BCUT2D eigenvalue weighted by molar-refractivity contribution is -0.134. The van der Waals surface area contributed by atoms with Gasteiger partial charge in [0.15, 0.2) is 18.1 Å². The maximum Gasteiger partial charge on any atom is 0.261 e. The smallest absolute Gasteiger partial charge is 0.261 e. The van der Waals surface area contributed by atoms with Crippen molar-refractivity contribution in [3.63, 3.8) is 0 Å². The summed E-state index contributed by atoms with van der Waals surface area (Å²) in [6.07, 6.45) is 3.35. The van der Waals surface area contributed by atoms with E-state index in [-0.39, 0.29) is 18.6 Å². The van der Waals surface area contributed by atoms with Gasteiger partial charge >= 0.3 is 0 Å². The van der Waals surface area contributed by atoms with E-state index in [2.05, 4.69) is 15.3 Å². The van der Waals surface area contributed by atoms with Crippen LogP contribution in [0.1, 0.15) is 24.4 Å². The molecule has 0 radical (unpaired) electrons. The predicted octanol–water partition coefficient (Wildman–Crippen LogP) is 4.87. The summed E-state index contributed by atoms with van der Waals surface area (Å²) in [7, 11) is 0. The molecule has 7 nitrogen and oxygen atoms in total. The zero-order valence-corrected chi connectivity index (χ0v) is 19.3. The summed E-state index contributed by atoms with van der Waals surface area (Å²) in [4.78, 5) is 24.7. The Morgan fingerprint density at radius 2 is 1.94 bits per heavy atom. The Morgan fingerprint density at radius 1 is 1.09 bits per heavy atom. The van der Waals surface area contributed by atoms with Crippen LogP contribution in [0.25, 0.3) is 21.3 Å². The van der Waals surface area contributed by atoms with Gasteiger partial charge in [-0.15, -0.1) is 11.3 Å². The van der Waals surface area contributed by atoms with Crippen LogP contribution >= 0.6 is 11.3 Å². The van der Waals surface area contributed by atoms with Gasteiger partial charge in [0, 0.05) is 17.5 Å². The molecule has 1 fully saturated rings. The number of carbonyl (C=O) groups excluding carboxylic acids is 1. The summed E-state index contributed by atoms with van der Waals surface area (Å²) in [6.45, 7) is 1.73. The van der Waals surface area contributed by atoms with Gasteiger partial charge in [-0.3, -0.25) is 4.79 Å². The summed E-state index contributed by atoms with van der Waals surface area (Å²) < 4.78 is 17.4. The number of rotatable bonds is 5. The monoisotopic (exact) mass is 473 g/mol. The van der Waals surface area contributed by atoms with Crippen molar-refractivity contribution < 1.29 is 19.0 Å². The number of aromatic nitrogens is 2. The molecule has 2 aromatic carbocycles. The van der Waals surface area contributed by atoms with Gasteiger partial charge in [-0.25, -0.2) is 9.97 Å². The zero-order valence-electron chi connectivity index (χ0n) is 18.5. The second kappa shape index (κ2) is 8.95. The molecular formula is C26H23N3O4S. The third-order valence-corrected chi connectivity index (χ3v) is 7.16. The molecule has 2 aliphatic heterocycles. The molecule has 0 bridgehead atoms. The number of fused-ring (bicyclic) bond motifs is 2. The molecule has 1 unspecified atom stereocenters. The van der Waals surface area contributed by atoms with Gasteiger partial charge in [0.05, 0.1) is 11.4 Å². The second-order valence-electron chi connectivity index (χ2n) is 8.31. The lowest BCUT2D eigenvalue weighted by Crippen LogP contribution is -2.34. The normalized spacial score (nSPS) is 17.2. The lowest BCUT2D eigenvalue weighted by atomic mass is 10.0. The van der Waals surface area contributed by atoms with Gasteiger partial charge in [-0.1, -0.05) is 36.4 Å². The molecule has 6 rings (SSSR count). The number of ether oxygens (including phenoxy) is 3. The maximum absolute atomic E-state index is 13.2. The Kier molecular flexibility index (Phi) is 5.50. The van der Waals surface area contributed by atoms with Crippen molar-refractivity contribution in [2.24, 2.45) is 0 Å². The fourth-order valence-electron chi connectivity index (χ4n) is 4.68. The van der Waals surface area contributed by atoms with Gasteiger partial charge in [-0.05, 0) is 36.1 Å². The van der Waals surface area contributed by atoms with Gasteiger partial charge < -0.3 is 19.1 Å². The van der Waals surface area contributed by atoms with Crippen molar-refractivity contribution in [1.29, 1.82) is 0 Å². The topological polar surface area (TPSA) is 73.8 Å². The van der Waals surface area contributed by atoms with Crippen molar-refractivity contribution in [3.8, 4) is 28.5 Å². The summed E-state index contributed by atoms with van der Waals surface area (Å²) in [5.41, 5.74) is 3.14. The van der Waals surface area contributed by atoms with Crippen LogP contribution in [-0.2, 0) is 4.79 Å².